The van der Waals surface area contributed by atoms with Gasteiger partial charge >= 0.3 is 5.95 Å². The standard InChI is InChI=1S/C26H34N10/c1-2-34-11-7-18(8-12-34)15-36(20-5-3-19(27)4-6-20)26-32-24-23(30-17-31-24)25(33-26)35-13-9-21-22(10-14-35)29-16-28-21/h3-6,16-18H,2,7-15,27H2,1H3,(H,28,29)(H,30,31,32,33)/p+1. The quantitative estimate of drug-likeness (QED) is 0.358. The molecule has 0 atom stereocenters. The van der Waals surface area contributed by atoms with Crippen molar-refractivity contribution in [3.05, 3.63) is 48.3 Å². The van der Waals surface area contributed by atoms with Crippen molar-refractivity contribution < 1.29 is 4.98 Å². The SMILES string of the molecule is CCN1CCC(CN(c2ccc(N)cc2)c2nc3nc[nH]c3c(N3CCc4nc[nH]c4CC3)[nH+]2)CC1. The Labute approximate surface area is 211 Å². The van der Waals surface area contributed by atoms with Crippen LogP contribution in [0.1, 0.15) is 31.2 Å². The van der Waals surface area contributed by atoms with Crippen molar-refractivity contribution in [1.82, 2.24) is 29.8 Å². The third-order valence-electron chi connectivity index (χ3n) is 7.73. The fourth-order valence-corrected chi connectivity index (χ4v) is 5.52. The molecule has 1 saturated heterocycles. The molecule has 0 unspecified atom stereocenters. The Hall–Kier alpha value is -3.66. The van der Waals surface area contributed by atoms with Gasteiger partial charge in [-0.15, -0.1) is 0 Å². The molecule has 0 amide bonds. The number of fused-ring (bicyclic) bond motifs is 2. The summed E-state index contributed by atoms with van der Waals surface area (Å²) >= 11 is 0. The Morgan fingerprint density at radius 2 is 1.81 bits per heavy atom. The van der Waals surface area contributed by atoms with Crippen molar-refractivity contribution in [3.63, 3.8) is 0 Å². The first-order valence-corrected chi connectivity index (χ1v) is 13.1. The second kappa shape index (κ2) is 9.77. The number of benzene rings is 1. The summed E-state index contributed by atoms with van der Waals surface area (Å²) in [5.74, 6) is 2.43. The Morgan fingerprint density at radius 3 is 2.61 bits per heavy atom. The van der Waals surface area contributed by atoms with Crippen LogP contribution in [0.4, 0.5) is 23.1 Å². The molecule has 2 aliphatic rings. The second-order valence-corrected chi connectivity index (χ2v) is 9.90. The Kier molecular flexibility index (Phi) is 6.18. The van der Waals surface area contributed by atoms with E-state index in [0.717, 1.165) is 92.1 Å². The predicted octanol–water partition coefficient (Wildman–Crippen LogP) is 2.55. The average Bonchev–Trinajstić information content (AvgIpc) is 3.53. The molecule has 10 heteroatoms. The van der Waals surface area contributed by atoms with E-state index in [9.17, 15) is 0 Å². The van der Waals surface area contributed by atoms with Crippen LogP contribution >= 0.6 is 0 Å². The number of nitrogen functional groups attached to an aromatic ring is 1. The number of aromatic amines is 3. The highest BCUT2D eigenvalue weighted by atomic mass is 15.3. The lowest BCUT2D eigenvalue weighted by Gasteiger charge is -2.33. The summed E-state index contributed by atoms with van der Waals surface area (Å²) in [6.45, 7) is 8.34. The minimum atomic E-state index is 0.591. The van der Waals surface area contributed by atoms with E-state index in [1.54, 1.807) is 12.7 Å². The smallest absolute Gasteiger partial charge is 0.354 e. The molecule has 36 heavy (non-hydrogen) atoms. The van der Waals surface area contributed by atoms with Crippen LogP contribution in [0.3, 0.4) is 0 Å². The van der Waals surface area contributed by atoms with Crippen LogP contribution in [0.2, 0.25) is 0 Å². The average molecular weight is 488 g/mol. The lowest BCUT2D eigenvalue weighted by Crippen LogP contribution is -2.40. The first kappa shape index (κ1) is 22.8. The summed E-state index contributed by atoms with van der Waals surface area (Å²) in [7, 11) is 0. The van der Waals surface area contributed by atoms with Gasteiger partial charge in [-0.05, 0) is 62.7 Å². The summed E-state index contributed by atoms with van der Waals surface area (Å²) in [4.78, 5) is 31.6. The van der Waals surface area contributed by atoms with Crippen molar-refractivity contribution in [2.24, 2.45) is 5.92 Å². The number of rotatable bonds is 6. The molecule has 0 saturated carbocycles. The number of aromatic nitrogens is 6. The number of anilines is 4. The van der Waals surface area contributed by atoms with Crippen molar-refractivity contribution >= 4 is 34.3 Å². The van der Waals surface area contributed by atoms with E-state index in [0.29, 0.717) is 5.92 Å². The number of nitrogens with one attached hydrogen (secondary N) is 3. The zero-order valence-electron chi connectivity index (χ0n) is 20.9. The molecular formula is C26H35N10+. The van der Waals surface area contributed by atoms with Crippen LogP contribution in [0.15, 0.2) is 36.9 Å². The van der Waals surface area contributed by atoms with Gasteiger partial charge in [0, 0.05) is 24.2 Å². The van der Waals surface area contributed by atoms with E-state index in [-0.39, 0.29) is 0 Å². The number of hydrogen-bond acceptors (Lipinski definition) is 7. The molecule has 1 aromatic carbocycles. The summed E-state index contributed by atoms with van der Waals surface area (Å²) < 4.78 is 0. The monoisotopic (exact) mass is 487 g/mol. The fraction of sp³-hybridized carbons (Fsp3) is 0.462. The molecule has 5 N–H and O–H groups in total. The summed E-state index contributed by atoms with van der Waals surface area (Å²) in [6, 6.07) is 8.10. The first-order valence-electron chi connectivity index (χ1n) is 13.1. The van der Waals surface area contributed by atoms with Gasteiger partial charge in [0.25, 0.3) is 0 Å². The Bertz CT molecular complexity index is 1280. The molecule has 4 aromatic rings. The van der Waals surface area contributed by atoms with Gasteiger partial charge in [-0.1, -0.05) is 11.9 Å². The number of piperidine rings is 1. The predicted molar refractivity (Wildman–Crippen MR) is 141 cm³/mol. The van der Waals surface area contributed by atoms with Gasteiger partial charge in [-0.2, -0.15) is 0 Å². The van der Waals surface area contributed by atoms with E-state index in [1.807, 2.05) is 12.1 Å². The van der Waals surface area contributed by atoms with Crippen LogP contribution in [0.5, 0.6) is 0 Å². The lowest BCUT2D eigenvalue weighted by molar-refractivity contribution is -0.351. The summed E-state index contributed by atoms with van der Waals surface area (Å²) in [5.41, 5.74) is 11.9. The first-order chi connectivity index (χ1) is 17.7. The van der Waals surface area contributed by atoms with Crippen molar-refractivity contribution in [2.45, 2.75) is 32.6 Å². The zero-order valence-corrected chi connectivity index (χ0v) is 20.9. The number of likely N-dealkylation sites (tertiary alicyclic amines) is 1. The van der Waals surface area contributed by atoms with Crippen LogP contribution in [0.25, 0.3) is 11.2 Å². The number of hydrogen-bond donors (Lipinski definition) is 3. The molecule has 10 nitrogen and oxygen atoms in total. The third kappa shape index (κ3) is 4.48. The van der Waals surface area contributed by atoms with Crippen molar-refractivity contribution in [3.8, 4) is 0 Å². The fourth-order valence-electron chi connectivity index (χ4n) is 5.52. The molecule has 0 bridgehead atoms. The number of nitrogens with two attached hydrogens (primary N) is 1. The molecular weight excluding hydrogens is 452 g/mol. The largest absolute Gasteiger partial charge is 0.399 e. The van der Waals surface area contributed by atoms with Gasteiger partial charge in [0.1, 0.15) is 0 Å². The van der Waals surface area contributed by atoms with Gasteiger partial charge in [0.05, 0.1) is 43.7 Å². The lowest BCUT2D eigenvalue weighted by atomic mass is 9.96. The minimum Gasteiger partial charge on any atom is -0.399 e. The molecule has 0 radical (unpaired) electrons. The molecule has 0 aliphatic carbocycles. The molecule has 5 heterocycles. The summed E-state index contributed by atoms with van der Waals surface area (Å²) in [6.07, 6.45) is 7.74. The van der Waals surface area contributed by atoms with Crippen LogP contribution in [-0.2, 0) is 12.8 Å². The molecule has 3 aromatic heterocycles. The zero-order chi connectivity index (χ0) is 24.5. The van der Waals surface area contributed by atoms with Gasteiger partial charge < -0.3 is 25.5 Å². The Morgan fingerprint density at radius 1 is 1.03 bits per heavy atom. The molecule has 188 valence electrons. The van der Waals surface area contributed by atoms with Gasteiger partial charge in [0.15, 0.2) is 5.52 Å². The van der Waals surface area contributed by atoms with Gasteiger partial charge in [-0.3, -0.25) is 0 Å². The van der Waals surface area contributed by atoms with Crippen LogP contribution in [0, 0.1) is 5.92 Å². The van der Waals surface area contributed by atoms with Gasteiger partial charge in [0.2, 0.25) is 11.5 Å². The van der Waals surface area contributed by atoms with Crippen molar-refractivity contribution in [2.75, 3.05) is 54.8 Å². The number of imidazole rings is 2. The Balaban J connectivity index is 1.35. The number of H-pyrrole nitrogens is 3. The summed E-state index contributed by atoms with van der Waals surface area (Å²) in [5, 5.41) is 0. The van der Waals surface area contributed by atoms with Crippen LogP contribution < -0.4 is 20.5 Å². The van der Waals surface area contributed by atoms with Gasteiger partial charge in [-0.25, -0.2) is 19.9 Å². The van der Waals surface area contributed by atoms with E-state index in [1.165, 1.54) is 18.5 Å². The van der Waals surface area contributed by atoms with E-state index < -0.39 is 0 Å². The molecule has 1 fully saturated rings. The molecule has 0 spiro atoms. The minimum absolute atomic E-state index is 0.591. The second-order valence-electron chi connectivity index (χ2n) is 9.90. The molecule has 6 rings (SSSR count). The van der Waals surface area contributed by atoms with E-state index in [2.05, 4.69) is 58.7 Å². The van der Waals surface area contributed by atoms with Crippen molar-refractivity contribution in [1.29, 1.82) is 0 Å². The maximum Gasteiger partial charge on any atom is 0.354 e. The highest BCUT2D eigenvalue weighted by Gasteiger charge is 2.30. The highest BCUT2D eigenvalue weighted by Crippen LogP contribution is 2.29. The topological polar surface area (TPSA) is 120 Å². The normalized spacial score (nSPS) is 17.3. The maximum atomic E-state index is 6.03. The highest BCUT2D eigenvalue weighted by molar-refractivity contribution is 5.82. The van der Waals surface area contributed by atoms with Crippen LogP contribution in [-0.4, -0.2) is 69.1 Å². The van der Waals surface area contributed by atoms with E-state index in [4.69, 9.17) is 10.7 Å². The third-order valence-corrected chi connectivity index (χ3v) is 7.73. The van der Waals surface area contributed by atoms with E-state index >= 15 is 0 Å². The molecule has 2 aliphatic heterocycles. The maximum absolute atomic E-state index is 6.03. The number of nitrogens with zero attached hydrogens (tertiary/aromatic N) is 6.